The third kappa shape index (κ3) is 6.71. The summed E-state index contributed by atoms with van der Waals surface area (Å²) in [4.78, 5) is 31.8. The number of rotatable bonds is 9. The zero-order valence-corrected chi connectivity index (χ0v) is 23.7. The van der Waals surface area contributed by atoms with Gasteiger partial charge in [0.15, 0.2) is 0 Å². The molecule has 3 N–H and O–H groups in total. The Morgan fingerprint density at radius 1 is 0.450 bits per heavy atom. The van der Waals surface area contributed by atoms with Gasteiger partial charge in [-0.3, -0.25) is 14.4 Å². The highest BCUT2D eigenvalue weighted by Gasteiger charge is 2.47. The van der Waals surface area contributed by atoms with E-state index in [1.54, 1.807) is 0 Å². The summed E-state index contributed by atoms with van der Waals surface area (Å²) in [5.74, 6) is -1.35. The van der Waals surface area contributed by atoms with E-state index in [1.807, 2.05) is 0 Å². The number of carbonyl (C=O) groups is 3. The lowest BCUT2D eigenvalue weighted by molar-refractivity contribution is -0.115. The smallest absolute Gasteiger partial charge is 0.270 e. The van der Waals surface area contributed by atoms with Crippen LogP contribution in [-0.2, 0) is 44.5 Å². The van der Waals surface area contributed by atoms with Gasteiger partial charge in [0.2, 0.25) is 17.7 Å². The van der Waals surface area contributed by atoms with E-state index in [-0.39, 0.29) is 17.1 Å². The number of nitrogens with one attached hydrogen (secondary N) is 3. The molecule has 0 aliphatic carbocycles. The Morgan fingerprint density at radius 2 is 0.650 bits per heavy atom. The molecule has 3 aromatic carbocycles. The van der Waals surface area contributed by atoms with Crippen LogP contribution in [0, 0.1) is 0 Å². The second-order valence-electron chi connectivity index (χ2n) is 8.27. The van der Waals surface area contributed by atoms with Gasteiger partial charge in [0.05, 0.1) is 14.7 Å². The van der Waals surface area contributed by atoms with Gasteiger partial charge in [0.25, 0.3) is 30.1 Å². The molecule has 0 aromatic heterocycles. The van der Waals surface area contributed by atoms with Gasteiger partial charge in [0.1, 0.15) is 0 Å². The quantitative estimate of drug-likeness (QED) is 0.327. The minimum absolute atomic E-state index is 0.186. The van der Waals surface area contributed by atoms with E-state index in [0.717, 1.165) is 72.8 Å². The third-order valence-electron chi connectivity index (χ3n) is 5.01. The van der Waals surface area contributed by atoms with Crippen molar-refractivity contribution in [2.75, 3.05) is 16.0 Å². The van der Waals surface area contributed by atoms with Crippen molar-refractivity contribution in [1.29, 1.82) is 0 Å². The molecular formula is C24H24N4O9S3. The van der Waals surface area contributed by atoms with E-state index in [9.17, 15) is 39.6 Å². The molecule has 212 valence electrons. The van der Waals surface area contributed by atoms with Gasteiger partial charge in [-0.15, -0.1) is 0 Å². The molecule has 0 aliphatic heterocycles. The summed E-state index contributed by atoms with van der Waals surface area (Å²) in [6, 6.07) is 12.6. The maximum absolute atomic E-state index is 13.7. The highest BCUT2D eigenvalue weighted by Crippen LogP contribution is 2.32. The predicted octanol–water partition coefficient (Wildman–Crippen LogP) is 2.33. The molecular weight excluding hydrogens is 584 g/mol. The van der Waals surface area contributed by atoms with E-state index in [1.165, 1.54) is 20.8 Å². The van der Waals surface area contributed by atoms with E-state index in [2.05, 4.69) is 16.0 Å². The zero-order valence-electron chi connectivity index (χ0n) is 21.3. The highest BCUT2D eigenvalue weighted by molar-refractivity contribution is 8.17. The van der Waals surface area contributed by atoms with Crippen LogP contribution in [0.15, 0.2) is 87.5 Å². The minimum atomic E-state index is -5.31. The molecule has 16 heteroatoms. The molecule has 40 heavy (non-hydrogen) atoms. The van der Waals surface area contributed by atoms with Crippen LogP contribution in [0.5, 0.6) is 0 Å². The standard InChI is InChI=1S/C24H24N4O9S3/c1-16(29)25-19-4-10-22(11-5-19)38(32,33)28(39(34,35)23-12-6-20(7-13-23)26-17(2)30)40(36,37)24-14-8-21(9-15-24)27-18(3)31/h4-15H,1-3H3,(H,25,29)(H,26,30)(H,27,31). The number of sulfonamides is 3. The Morgan fingerprint density at radius 3 is 0.825 bits per heavy atom. The Balaban J connectivity index is 2.20. The molecule has 0 fully saturated rings. The third-order valence-corrected chi connectivity index (χ3v) is 12.3. The van der Waals surface area contributed by atoms with Crippen molar-refractivity contribution in [2.45, 2.75) is 35.5 Å². The van der Waals surface area contributed by atoms with Crippen molar-refractivity contribution in [3.63, 3.8) is 0 Å². The number of anilines is 3. The van der Waals surface area contributed by atoms with Gasteiger partial charge < -0.3 is 16.0 Å². The molecule has 0 unspecified atom stereocenters. The Bertz CT molecular complexity index is 1560. The lowest BCUT2D eigenvalue weighted by atomic mass is 10.3. The molecule has 3 rings (SSSR count). The Labute approximate surface area is 231 Å². The SMILES string of the molecule is CC(=O)Nc1ccc(S(=O)(=O)N(S(=O)(=O)c2ccc(NC(C)=O)cc2)S(=O)(=O)c2ccc(NC(C)=O)cc2)cc1. The molecule has 0 aliphatic rings. The monoisotopic (exact) mass is 608 g/mol. The van der Waals surface area contributed by atoms with Gasteiger partial charge >= 0.3 is 0 Å². The van der Waals surface area contributed by atoms with Crippen LogP contribution >= 0.6 is 0 Å². The van der Waals surface area contributed by atoms with E-state index in [0.29, 0.717) is 0 Å². The van der Waals surface area contributed by atoms with Crippen LogP contribution in [0.4, 0.5) is 17.1 Å². The lowest BCUT2D eigenvalue weighted by Gasteiger charge is -2.22. The fourth-order valence-corrected chi connectivity index (χ4v) is 9.99. The maximum Gasteiger partial charge on any atom is 0.270 e. The average molecular weight is 609 g/mol. The molecule has 0 saturated heterocycles. The lowest BCUT2D eigenvalue weighted by Crippen LogP contribution is -2.41. The molecule has 3 amide bonds. The fourth-order valence-electron chi connectivity index (χ4n) is 3.39. The topological polar surface area (TPSA) is 193 Å². The van der Waals surface area contributed by atoms with Crippen LogP contribution < -0.4 is 16.0 Å². The van der Waals surface area contributed by atoms with Crippen molar-refractivity contribution in [3.05, 3.63) is 72.8 Å². The first-order valence-electron chi connectivity index (χ1n) is 11.2. The van der Waals surface area contributed by atoms with E-state index >= 15 is 0 Å². The molecule has 0 radical (unpaired) electrons. The number of benzene rings is 3. The van der Waals surface area contributed by atoms with Crippen LogP contribution in [0.2, 0.25) is 0 Å². The molecule has 0 saturated carbocycles. The van der Waals surface area contributed by atoms with Gasteiger partial charge in [-0.2, -0.15) is 0 Å². The predicted molar refractivity (Wildman–Crippen MR) is 146 cm³/mol. The first kappa shape index (κ1) is 30.4. The summed E-state index contributed by atoms with van der Waals surface area (Å²) in [7, 11) is -15.9. The van der Waals surface area contributed by atoms with Gasteiger partial charge in [-0.05, 0) is 72.8 Å². The van der Waals surface area contributed by atoms with Crippen molar-refractivity contribution in [1.82, 2.24) is 3.12 Å². The molecule has 0 spiro atoms. The number of carbonyl (C=O) groups excluding carboxylic acids is 3. The summed E-state index contributed by atoms with van der Waals surface area (Å²) in [6.07, 6.45) is 0. The first-order valence-corrected chi connectivity index (χ1v) is 15.6. The second kappa shape index (κ2) is 11.5. The largest absolute Gasteiger partial charge is 0.326 e. The van der Waals surface area contributed by atoms with Gasteiger partial charge in [-0.25, -0.2) is 25.3 Å². The second-order valence-corrected chi connectivity index (χ2v) is 14.3. The summed E-state index contributed by atoms with van der Waals surface area (Å²) in [5, 5.41) is 7.26. The Kier molecular flexibility index (Phi) is 8.78. The first-order chi connectivity index (χ1) is 18.5. The number of hydrogen-bond acceptors (Lipinski definition) is 9. The van der Waals surface area contributed by atoms with E-state index < -0.39 is 65.6 Å². The van der Waals surface area contributed by atoms with Crippen molar-refractivity contribution < 1.29 is 39.6 Å². The maximum atomic E-state index is 13.7. The Hall–Kier alpha value is -4.12. The molecule has 0 bridgehead atoms. The summed E-state index contributed by atoms with van der Waals surface area (Å²) >= 11 is 0. The van der Waals surface area contributed by atoms with E-state index in [4.69, 9.17) is 0 Å². The average Bonchev–Trinajstić information content (AvgIpc) is 2.83. The normalized spacial score (nSPS) is 12.0. The molecule has 3 aromatic rings. The van der Waals surface area contributed by atoms with Gasteiger partial charge in [-0.1, -0.05) is 0 Å². The van der Waals surface area contributed by atoms with Crippen molar-refractivity contribution >= 4 is 64.9 Å². The van der Waals surface area contributed by atoms with Crippen LogP contribution in [0.1, 0.15) is 20.8 Å². The molecule has 13 nitrogen and oxygen atoms in total. The molecule has 0 heterocycles. The summed E-state index contributed by atoms with van der Waals surface area (Å²) in [5.41, 5.74) is 0.558. The highest BCUT2D eigenvalue weighted by atomic mass is 32.3. The minimum Gasteiger partial charge on any atom is -0.326 e. The fraction of sp³-hybridized carbons (Fsp3) is 0.125. The summed E-state index contributed by atoms with van der Waals surface area (Å²) < 4.78 is 81.6. The number of nitrogens with zero attached hydrogens (tertiary/aromatic N) is 1. The van der Waals surface area contributed by atoms with Crippen LogP contribution in [0.25, 0.3) is 0 Å². The van der Waals surface area contributed by atoms with Crippen molar-refractivity contribution in [3.8, 4) is 0 Å². The van der Waals surface area contributed by atoms with Crippen LogP contribution in [0.3, 0.4) is 0 Å². The number of amides is 3. The summed E-state index contributed by atoms with van der Waals surface area (Å²) in [6.45, 7) is 3.67. The molecule has 0 atom stereocenters. The zero-order chi connectivity index (χ0) is 29.9. The van der Waals surface area contributed by atoms with Crippen molar-refractivity contribution in [2.24, 2.45) is 0 Å². The number of hydrogen-bond donors (Lipinski definition) is 3. The van der Waals surface area contributed by atoms with Crippen LogP contribution in [-0.4, -0.2) is 46.1 Å². The van der Waals surface area contributed by atoms with Gasteiger partial charge in [0, 0.05) is 40.9 Å².